The van der Waals surface area contributed by atoms with Crippen molar-refractivity contribution in [3.05, 3.63) is 53.3 Å². The summed E-state index contributed by atoms with van der Waals surface area (Å²) in [5, 5.41) is 4.27. The van der Waals surface area contributed by atoms with Gasteiger partial charge in [-0.1, -0.05) is 30.3 Å². The van der Waals surface area contributed by atoms with E-state index in [2.05, 4.69) is 10.00 Å². The van der Waals surface area contributed by atoms with E-state index < -0.39 is 5.97 Å². The summed E-state index contributed by atoms with van der Waals surface area (Å²) in [5.74, 6) is -0.300. The van der Waals surface area contributed by atoms with Crippen molar-refractivity contribution in [3.8, 4) is 0 Å². The Morgan fingerprint density at radius 3 is 2.74 bits per heavy atom. The Morgan fingerprint density at radius 1 is 1.22 bits per heavy atom. The van der Waals surface area contributed by atoms with Crippen molar-refractivity contribution < 1.29 is 14.3 Å². The highest BCUT2D eigenvalue weighted by Gasteiger charge is 2.23. The average Bonchev–Trinajstić information content (AvgIpc) is 2.99. The largest absolute Gasteiger partial charge is 0.461 e. The van der Waals surface area contributed by atoms with Crippen LogP contribution in [-0.4, -0.2) is 46.1 Å². The maximum Gasteiger partial charge on any atom is 0.358 e. The molecule has 0 atom stereocenters. The molecular formula is C17H19N3O3. The number of fused-ring (bicyclic) bond motifs is 1. The number of carbonyl (C=O) groups excluding carboxylic acids is 2. The van der Waals surface area contributed by atoms with Crippen LogP contribution in [0.3, 0.4) is 0 Å². The molecule has 1 aromatic carbocycles. The van der Waals surface area contributed by atoms with Crippen molar-refractivity contribution in [2.24, 2.45) is 0 Å². The standard InChI is InChI=1S/C17H19N3O3/c1-2-23-17(22)15-10-14-11-19(8-9-20(14)18-15)12-16(21)13-6-4-3-5-7-13/h3-7,10H,2,8-9,11-12H2,1H3. The van der Waals surface area contributed by atoms with Gasteiger partial charge in [-0.15, -0.1) is 0 Å². The summed E-state index contributed by atoms with van der Waals surface area (Å²) in [6.07, 6.45) is 0. The van der Waals surface area contributed by atoms with Crippen LogP contribution in [0.4, 0.5) is 0 Å². The molecule has 0 saturated heterocycles. The van der Waals surface area contributed by atoms with Crippen LogP contribution < -0.4 is 0 Å². The van der Waals surface area contributed by atoms with Crippen molar-refractivity contribution in [3.63, 3.8) is 0 Å². The van der Waals surface area contributed by atoms with Gasteiger partial charge in [-0.2, -0.15) is 5.10 Å². The fraction of sp³-hybridized carbons (Fsp3) is 0.353. The predicted octanol–water partition coefficient (Wildman–Crippen LogP) is 1.76. The van der Waals surface area contributed by atoms with Crippen molar-refractivity contribution >= 4 is 11.8 Å². The molecule has 0 radical (unpaired) electrons. The second kappa shape index (κ2) is 6.75. The lowest BCUT2D eigenvalue weighted by Crippen LogP contribution is -2.37. The average molecular weight is 313 g/mol. The van der Waals surface area contributed by atoms with Crippen LogP contribution in [0.2, 0.25) is 0 Å². The number of carbonyl (C=O) groups is 2. The third-order valence-corrected chi connectivity index (χ3v) is 3.82. The van der Waals surface area contributed by atoms with Crippen molar-refractivity contribution in [2.45, 2.75) is 20.0 Å². The van der Waals surface area contributed by atoms with Gasteiger partial charge in [0.15, 0.2) is 11.5 Å². The number of hydrogen-bond donors (Lipinski definition) is 0. The second-order valence-electron chi connectivity index (χ2n) is 5.46. The molecule has 0 saturated carbocycles. The van der Waals surface area contributed by atoms with Gasteiger partial charge >= 0.3 is 5.97 Å². The molecule has 0 unspecified atom stereocenters. The highest BCUT2D eigenvalue weighted by molar-refractivity contribution is 5.97. The number of aromatic nitrogens is 2. The van der Waals surface area contributed by atoms with Gasteiger partial charge in [0, 0.05) is 18.7 Å². The highest BCUT2D eigenvalue weighted by Crippen LogP contribution is 2.15. The van der Waals surface area contributed by atoms with Crippen LogP contribution in [0.15, 0.2) is 36.4 Å². The van der Waals surface area contributed by atoms with Crippen LogP contribution in [0.25, 0.3) is 0 Å². The van der Waals surface area contributed by atoms with Crippen LogP contribution in [0.1, 0.15) is 33.5 Å². The molecule has 0 aliphatic carbocycles. The maximum absolute atomic E-state index is 12.3. The summed E-state index contributed by atoms with van der Waals surface area (Å²) in [6.45, 7) is 4.46. The van der Waals surface area contributed by atoms with Crippen LogP contribution >= 0.6 is 0 Å². The van der Waals surface area contributed by atoms with Gasteiger partial charge in [-0.25, -0.2) is 4.79 Å². The molecule has 120 valence electrons. The Morgan fingerprint density at radius 2 is 2.00 bits per heavy atom. The molecule has 0 N–H and O–H groups in total. The van der Waals surface area contributed by atoms with Crippen LogP contribution in [0, 0.1) is 0 Å². The lowest BCUT2D eigenvalue weighted by molar-refractivity contribution is 0.0518. The van der Waals surface area contributed by atoms with Gasteiger partial charge < -0.3 is 4.74 Å². The first kappa shape index (κ1) is 15.4. The first-order chi connectivity index (χ1) is 11.2. The number of nitrogens with zero attached hydrogens (tertiary/aromatic N) is 3. The molecule has 2 aromatic rings. The Bertz CT molecular complexity index is 709. The summed E-state index contributed by atoms with van der Waals surface area (Å²) in [6, 6.07) is 11.0. The smallest absolute Gasteiger partial charge is 0.358 e. The molecule has 1 aliphatic rings. The lowest BCUT2D eigenvalue weighted by atomic mass is 10.1. The molecular weight excluding hydrogens is 294 g/mol. The van der Waals surface area contributed by atoms with Gasteiger partial charge in [-0.3, -0.25) is 14.4 Å². The Kier molecular flexibility index (Phi) is 4.52. The van der Waals surface area contributed by atoms with Crippen LogP contribution in [0.5, 0.6) is 0 Å². The molecule has 0 bridgehead atoms. The Hall–Kier alpha value is -2.47. The van der Waals surface area contributed by atoms with Crippen molar-refractivity contribution in [1.29, 1.82) is 0 Å². The van der Waals surface area contributed by atoms with E-state index in [4.69, 9.17) is 4.74 Å². The van der Waals surface area contributed by atoms with Crippen molar-refractivity contribution in [1.82, 2.24) is 14.7 Å². The summed E-state index contributed by atoms with van der Waals surface area (Å²) >= 11 is 0. The monoisotopic (exact) mass is 313 g/mol. The number of benzene rings is 1. The summed E-state index contributed by atoms with van der Waals surface area (Å²) < 4.78 is 6.79. The van der Waals surface area contributed by atoms with E-state index >= 15 is 0 Å². The zero-order chi connectivity index (χ0) is 16.2. The normalized spacial score (nSPS) is 14.3. The fourth-order valence-electron chi connectivity index (χ4n) is 2.68. The summed E-state index contributed by atoms with van der Waals surface area (Å²) in [4.78, 5) is 26.1. The van der Waals surface area contributed by atoms with Gasteiger partial charge in [0.1, 0.15) is 0 Å². The zero-order valence-corrected chi connectivity index (χ0v) is 13.1. The van der Waals surface area contributed by atoms with Gasteiger partial charge in [0.2, 0.25) is 0 Å². The quantitative estimate of drug-likeness (QED) is 0.621. The van der Waals surface area contributed by atoms with E-state index in [0.29, 0.717) is 31.9 Å². The third kappa shape index (κ3) is 3.48. The molecule has 6 nitrogen and oxygen atoms in total. The van der Waals surface area contributed by atoms with Crippen LogP contribution in [-0.2, 0) is 17.8 Å². The van der Waals surface area contributed by atoms with Gasteiger partial charge in [0.25, 0.3) is 0 Å². The molecule has 0 fully saturated rings. The molecule has 6 heteroatoms. The zero-order valence-electron chi connectivity index (χ0n) is 13.1. The maximum atomic E-state index is 12.3. The van der Waals surface area contributed by atoms with Crippen molar-refractivity contribution in [2.75, 3.05) is 19.7 Å². The number of Topliss-reactive ketones (excluding diaryl/α,β-unsaturated/α-hetero) is 1. The Labute approximate surface area is 134 Å². The van der Waals surface area contributed by atoms with E-state index in [-0.39, 0.29) is 5.78 Å². The van der Waals surface area contributed by atoms with E-state index in [9.17, 15) is 9.59 Å². The van der Waals surface area contributed by atoms with Gasteiger partial charge in [-0.05, 0) is 13.0 Å². The van der Waals surface area contributed by atoms with E-state index in [1.807, 2.05) is 35.0 Å². The second-order valence-corrected chi connectivity index (χ2v) is 5.46. The first-order valence-corrected chi connectivity index (χ1v) is 7.72. The lowest BCUT2D eigenvalue weighted by Gasteiger charge is -2.26. The Balaban J connectivity index is 1.66. The third-order valence-electron chi connectivity index (χ3n) is 3.82. The number of rotatable bonds is 5. The van der Waals surface area contributed by atoms with E-state index in [1.54, 1.807) is 13.0 Å². The first-order valence-electron chi connectivity index (χ1n) is 7.72. The number of hydrogen-bond acceptors (Lipinski definition) is 5. The number of ether oxygens (including phenoxy) is 1. The fourth-order valence-corrected chi connectivity index (χ4v) is 2.68. The minimum atomic E-state index is -0.402. The minimum Gasteiger partial charge on any atom is -0.461 e. The molecule has 1 aliphatic heterocycles. The summed E-state index contributed by atoms with van der Waals surface area (Å²) in [7, 11) is 0. The SMILES string of the molecule is CCOC(=O)c1cc2n(n1)CCN(CC(=O)c1ccccc1)C2. The molecule has 0 spiro atoms. The van der Waals surface area contributed by atoms with Gasteiger partial charge in [0.05, 0.1) is 25.4 Å². The minimum absolute atomic E-state index is 0.101. The number of ketones is 1. The molecule has 3 rings (SSSR count). The predicted molar refractivity (Wildman–Crippen MR) is 84.2 cm³/mol. The topological polar surface area (TPSA) is 64.4 Å². The molecule has 2 heterocycles. The molecule has 1 aromatic heterocycles. The van der Waals surface area contributed by atoms with E-state index in [0.717, 1.165) is 17.8 Å². The molecule has 0 amide bonds. The van der Waals surface area contributed by atoms with E-state index in [1.165, 1.54) is 0 Å². The summed E-state index contributed by atoms with van der Waals surface area (Å²) in [5.41, 5.74) is 1.98. The molecule has 23 heavy (non-hydrogen) atoms. The number of esters is 1. The highest BCUT2D eigenvalue weighted by atomic mass is 16.5.